The van der Waals surface area contributed by atoms with E-state index in [1.807, 2.05) is 17.0 Å². The van der Waals surface area contributed by atoms with Crippen LogP contribution in [-0.2, 0) is 23.9 Å². The number of rotatable bonds is 5. The molecular weight excluding hydrogens is 338 g/mol. The van der Waals surface area contributed by atoms with Crippen LogP contribution < -0.4 is 10.2 Å². The predicted molar refractivity (Wildman–Crippen MR) is 96.6 cm³/mol. The molecule has 0 saturated carbocycles. The number of hydrogen-bond donors (Lipinski definition) is 1. The topological polar surface area (TPSA) is 88.2 Å². The second-order valence-corrected chi connectivity index (χ2v) is 5.74. The minimum atomic E-state index is -0.667. The summed E-state index contributed by atoms with van der Waals surface area (Å²) in [6.07, 6.45) is 1.04. The van der Waals surface area contributed by atoms with E-state index in [9.17, 15) is 14.4 Å². The Balaban J connectivity index is 2.04. The molecule has 0 atom stereocenters. The van der Waals surface area contributed by atoms with Gasteiger partial charge in [0.1, 0.15) is 5.70 Å². The molecule has 1 aliphatic rings. The zero-order valence-corrected chi connectivity index (χ0v) is 15.2. The van der Waals surface area contributed by atoms with Crippen LogP contribution in [0.25, 0.3) is 0 Å². The van der Waals surface area contributed by atoms with Gasteiger partial charge in [-0.25, -0.2) is 9.59 Å². The third-order valence-corrected chi connectivity index (χ3v) is 4.11. The summed E-state index contributed by atoms with van der Waals surface area (Å²) in [5.74, 6) is -1.23. The first kappa shape index (κ1) is 19.3. The zero-order valence-electron chi connectivity index (χ0n) is 15.2. The number of nitrogens with one attached hydrogen (secondary N) is 1. The molecule has 0 aliphatic carbocycles. The molecule has 8 heteroatoms. The molecule has 0 unspecified atom stereocenters. The van der Waals surface area contributed by atoms with E-state index in [4.69, 9.17) is 0 Å². The maximum Gasteiger partial charge on any atom is 0.354 e. The number of ether oxygens (including phenoxy) is 2. The Morgan fingerprint density at radius 1 is 1.00 bits per heavy atom. The van der Waals surface area contributed by atoms with E-state index < -0.39 is 11.9 Å². The first-order valence-corrected chi connectivity index (χ1v) is 8.20. The summed E-state index contributed by atoms with van der Waals surface area (Å²) in [7, 11) is 2.47. The Morgan fingerprint density at radius 3 is 2.12 bits per heavy atom. The van der Waals surface area contributed by atoms with Gasteiger partial charge < -0.3 is 24.6 Å². The molecule has 8 nitrogen and oxygen atoms in total. The number of piperazine rings is 1. The molecule has 140 valence electrons. The van der Waals surface area contributed by atoms with Gasteiger partial charge in [-0.1, -0.05) is 0 Å². The van der Waals surface area contributed by atoms with Gasteiger partial charge in [0.05, 0.1) is 20.3 Å². The first-order chi connectivity index (χ1) is 12.4. The first-order valence-electron chi connectivity index (χ1n) is 8.20. The van der Waals surface area contributed by atoms with Crippen molar-refractivity contribution in [3.8, 4) is 0 Å². The highest BCUT2D eigenvalue weighted by atomic mass is 16.5. The summed E-state index contributed by atoms with van der Waals surface area (Å²) in [4.78, 5) is 38.6. The number of hydrogen-bond acceptors (Lipinski definition) is 7. The van der Waals surface area contributed by atoms with E-state index in [1.165, 1.54) is 14.2 Å². The quantitative estimate of drug-likeness (QED) is 0.618. The van der Waals surface area contributed by atoms with Crippen LogP contribution in [0.5, 0.6) is 0 Å². The second-order valence-electron chi connectivity index (χ2n) is 5.74. The largest absolute Gasteiger partial charge is 0.466 e. The molecule has 0 spiro atoms. The highest BCUT2D eigenvalue weighted by molar-refractivity contribution is 5.98. The summed E-state index contributed by atoms with van der Waals surface area (Å²) in [5, 5.41) is 2.86. The average molecular weight is 361 g/mol. The molecule has 1 saturated heterocycles. The number of benzene rings is 1. The van der Waals surface area contributed by atoms with Gasteiger partial charge in [-0.3, -0.25) is 4.79 Å². The third kappa shape index (κ3) is 4.98. The molecule has 1 amide bonds. The molecule has 26 heavy (non-hydrogen) atoms. The smallest absolute Gasteiger partial charge is 0.354 e. The molecular formula is C18H23N3O5. The molecule has 1 fully saturated rings. The number of methoxy groups -OCH3 is 2. The lowest BCUT2D eigenvalue weighted by molar-refractivity contribution is -0.138. The molecule has 0 bridgehead atoms. The summed E-state index contributed by atoms with van der Waals surface area (Å²) in [6, 6.07) is 7.44. The fourth-order valence-electron chi connectivity index (χ4n) is 2.62. The van der Waals surface area contributed by atoms with Gasteiger partial charge in [-0.05, 0) is 24.3 Å². The van der Waals surface area contributed by atoms with Crippen LogP contribution in [0.3, 0.4) is 0 Å². The van der Waals surface area contributed by atoms with Crippen molar-refractivity contribution < 1.29 is 23.9 Å². The minimum Gasteiger partial charge on any atom is -0.466 e. The highest BCUT2D eigenvalue weighted by Gasteiger charge is 2.19. The van der Waals surface area contributed by atoms with E-state index >= 15 is 0 Å². The van der Waals surface area contributed by atoms with E-state index in [0.717, 1.165) is 24.9 Å². The van der Waals surface area contributed by atoms with Crippen LogP contribution in [0, 0.1) is 0 Å². The van der Waals surface area contributed by atoms with Gasteiger partial charge in [-0.2, -0.15) is 0 Å². The van der Waals surface area contributed by atoms with Gasteiger partial charge in [0.25, 0.3) is 0 Å². The molecule has 1 N–H and O–H groups in total. The lowest BCUT2D eigenvalue weighted by Crippen LogP contribution is -2.48. The number of carbonyl (C=O) groups excluding carboxylic acids is 3. The van der Waals surface area contributed by atoms with Crippen LogP contribution in [-0.4, -0.2) is 63.1 Å². The lowest BCUT2D eigenvalue weighted by Gasteiger charge is -2.35. The van der Waals surface area contributed by atoms with E-state index in [-0.39, 0.29) is 11.6 Å². The van der Waals surface area contributed by atoms with Crippen molar-refractivity contribution in [3.05, 3.63) is 36.0 Å². The monoisotopic (exact) mass is 361 g/mol. The Bertz CT molecular complexity index is 691. The summed E-state index contributed by atoms with van der Waals surface area (Å²) in [5.41, 5.74) is 1.65. The highest BCUT2D eigenvalue weighted by Crippen LogP contribution is 2.20. The van der Waals surface area contributed by atoms with Crippen molar-refractivity contribution in [3.63, 3.8) is 0 Å². The second kappa shape index (κ2) is 8.89. The van der Waals surface area contributed by atoms with Gasteiger partial charge >= 0.3 is 11.9 Å². The summed E-state index contributed by atoms with van der Waals surface area (Å²) >= 11 is 0. The Hall–Kier alpha value is -3.03. The van der Waals surface area contributed by atoms with Crippen LogP contribution in [0.4, 0.5) is 11.4 Å². The van der Waals surface area contributed by atoms with Crippen molar-refractivity contribution in [1.82, 2.24) is 4.90 Å². The molecule has 1 aromatic rings. The zero-order chi connectivity index (χ0) is 19.1. The van der Waals surface area contributed by atoms with E-state index in [1.54, 1.807) is 19.1 Å². The maximum atomic E-state index is 11.8. The fraction of sp³-hybridized carbons (Fsp3) is 0.389. The number of anilines is 2. The summed E-state index contributed by atoms with van der Waals surface area (Å²) < 4.78 is 9.20. The Kier molecular flexibility index (Phi) is 6.60. The van der Waals surface area contributed by atoms with Crippen LogP contribution in [0.15, 0.2) is 36.0 Å². The number of amides is 1. The molecule has 1 heterocycles. The SMILES string of the molecule is COC(=O)/C=C(/Nc1ccc(N2CCN(C(C)=O)CC2)cc1)C(=O)OC. The normalized spacial score (nSPS) is 14.7. The molecule has 1 aromatic carbocycles. The molecule has 0 aromatic heterocycles. The Labute approximate surface area is 152 Å². The fourth-order valence-corrected chi connectivity index (χ4v) is 2.62. The maximum absolute atomic E-state index is 11.8. The molecule has 1 aliphatic heterocycles. The third-order valence-electron chi connectivity index (χ3n) is 4.11. The molecule has 2 rings (SSSR count). The number of esters is 2. The van der Waals surface area contributed by atoms with Crippen molar-refractivity contribution in [2.75, 3.05) is 50.6 Å². The number of nitrogens with zero attached hydrogens (tertiary/aromatic N) is 2. The van der Waals surface area contributed by atoms with Crippen LogP contribution >= 0.6 is 0 Å². The molecule has 0 radical (unpaired) electrons. The minimum absolute atomic E-state index is 0.0119. The lowest BCUT2D eigenvalue weighted by atomic mass is 10.2. The van der Waals surface area contributed by atoms with Crippen molar-refractivity contribution in [2.45, 2.75) is 6.92 Å². The van der Waals surface area contributed by atoms with E-state index in [0.29, 0.717) is 18.8 Å². The average Bonchev–Trinajstić information content (AvgIpc) is 2.67. The standard InChI is InChI=1S/C18H23N3O5/c1-13(22)20-8-10-21(11-9-20)15-6-4-14(5-7-15)19-16(18(24)26-3)12-17(23)25-2/h4-7,12,19H,8-11H2,1-3H3/b16-12+. The van der Waals surface area contributed by atoms with Gasteiger partial charge in [0, 0.05) is 44.5 Å². The van der Waals surface area contributed by atoms with Crippen molar-refractivity contribution in [2.24, 2.45) is 0 Å². The van der Waals surface area contributed by atoms with Crippen LogP contribution in [0.2, 0.25) is 0 Å². The summed E-state index contributed by atoms with van der Waals surface area (Å²) in [6.45, 7) is 4.51. The van der Waals surface area contributed by atoms with Gasteiger partial charge in [-0.15, -0.1) is 0 Å². The van der Waals surface area contributed by atoms with Crippen molar-refractivity contribution in [1.29, 1.82) is 0 Å². The van der Waals surface area contributed by atoms with Gasteiger partial charge in [0.2, 0.25) is 5.91 Å². The Morgan fingerprint density at radius 2 is 1.62 bits per heavy atom. The predicted octanol–water partition coefficient (Wildman–Crippen LogP) is 0.997. The number of carbonyl (C=O) groups is 3. The van der Waals surface area contributed by atoms with E-state index in [2.05, 4.69) is 19.7 Å². The van der Waals surface area contributed by atoms with Crippen LogP contribution in [0.1, 0.15) is 6.92 Å². The van der Waals surface area contributed by atoms with Gasteiger partial charge in [0.15, 0.2) is 0 Å². The van der Waals surface area contributed by atoms with Crippen molar-refractivity contribution >= 4 is 29.2 Å².